The molecular weight excluding hydrogens is 246 g/mol. The molecule has 0 aromatic rings. The van der Waals surface area contributed by atoms with E-state index in [0.717, 1.165) is 25.7 Å². The highest BCUT2D eigenvalue weighted by Crippen LogP contribution is 2.29. The van der Waals surface area contributed by atoms with Crippen molar-refractivity contribution in [3.63, 3.8) is 0 Å². The zero-order valence-corrected chi connectivity index (χ0v) is 12.1. The lowest BCUT2D eigenvalue weighted by atomic mass is 9.88. The summed E-state index contributed by atoms with van der Waals surface area (Å²) < 4.78 is 26.6. The minimum absolute atomic E-state index is 0.314. The molecule has 3 nitrogen and oxygen atoms in total. The van der Waals surface area contributed by atoms with Crippen LogP contribution in [0.4, 0.5) is 0 Å². The number of hydrogen-bond acceptors (Lipinski definition) is 2. The lowest BCUT2D eigenvalue weighted by Crippen LogP contribution is -2.36. The van der Waals surface area contributed by atoms with E-state index in [2.05, 4.69) is 19.9 Å². The molecule has 2 atom stereocenters. The molecule has 102 valence electrons. The monoisotopic (exact) mass is 269 g/mol. The molecule has 0 amide bonds. The Morgan fingerprint density at radius 2 is 1.94 bits per heavy atom. The molecule has 18 heavy (non-hydrogen) atoms. The van der Waals surface area contributed by atoms with E-state index in [1.807, 2.05) is 6.08 Å². The zero-order valence-electron chi connectivity index (χ0n) is 11.3. The van der Waals surface area contributed by atoms with E-state index >= 15 is 0 Å². The van der Waals surface area contributed by atoms with E-state index in [0.29, 0.717) is 29.8 Å². The Labute approximate surface area is 111 Å². The highest BCUT2D eigenvalue weighted by molar-refractivity contribution is 7.93. The molecule has 2 unspecified atom stereocenters. The molecular formula is C14H23NO2S. The average molecular weight is 269 g/mol. The van der Waals surface area contributed by atoms with Crippen LogP contribution in [0, 0.1) is 11.8 Å². The Balaban J connectivity index is 2.18. The van der Waals surface area contributed by atoms with Gasteiger partial charge in [-0.3, -0.25) is 0 Å². The van der Waals surface area contributed by atoms with Crippen molar-refractivity contribution < 1.29 is 8.42 Å². The summed E-state index contributed by atoms with van der Waals surface area (Å²) in [7, 11) is -3.24. The summed E-state index contributed by atoms with van der Waals surface area (Å²) in [6.45, 7) is 5.60. The first kappa shape index (κ1) is 13.8. The normalized spacial score (nSPS) is 30.2. The van der Waals surface area contributed by atoms with Gasteiger partial charge in [0, 0.05) is 13.1 Å². The molecule has 0 aromatic heterocycles. The average Bonchev–Trinajstić information content (AvgIpc) is 2.39. The van der Waals surface area contributed by atoms with Crippen LogP contribution >= 0.6 is 0 Å². The standard InChI is InChI=1S/C14H23NO2S/c1-3-13-7-8-14(11-12(13)2)18(16,17)15-9-5-4-6-10-15/h7-8,11-13H,3-6,9-10H2,1-2H3. The molecule has 1 fully saturated rings. The fourth-order valence-electron chi connectivity index (χ4n) is 2.77. The van der Waals surface area contributed by atoms with E-state index in [-0.39, 0.29) is 0 Å². The second kappa shape index (κ2) is 5.57. The molecule has 1 aliphatic carbocycles. The number of nitrogens with zero attached hydrogens (tertiary/aromatic N) is 1. The van der Waals surface area contributed by atoms with Crippen LogP contribution in [0.25, 0.3) is 0 Å². The predicted octanol–water partition coefficient (Wildman–Crippen LogP) is 2.92. The maximum Gasteiger partial charge on any atom is 0.242 e. The van der Waals surface area contributed by atoms with Gasteiger partial charge in [-0.05, 0) is 37.2 Å². The molecule has 0 saturated carbocycles. The first-order valence-corrected chi connectivity index (χ1v) is 8.40. The van der Waals surface area contributed by atoms with Crippen molar-refractivity contribution in [2.75, 3.05) is 13.1 Å². The van der Waals surface area contributed by atoms with Crippen LogP contribution in [0.3, 0.4) is 0 Å². The molecule has 1 aliphatic heterocycles. The molecule has 4 heteroatoms. The topological polar surface area (TPSA) is 37.4 Å². The van der Waals surface area contributed by atoms with Crippen LogP contribution in [0.15, 0.2) is 23.1 Å². The van der Waals surface area contributed by atoms with E-state index in [1.54, 1.807) is 10.4 Å². The minimum Gasteiger partial charge on any atom is -0.207 e. The van der Waals surface area contributed by atoms with Crippen molar-refractivity contribution in [3.8, 4) is 0 Å². The van der Waals surface area contributed by atoms with E-state index < -0.39 is 10.0 Å². The Morgan fingerprint density at radius 1 is 1.28 bits per heavy atom. The minimum atomic E-state index is -3.24. The van der Waals surface area contributed by atoms with E-state index in [9.17, 15) is 8.42 Å². The molecule has 0 N–H and O–H groups in total. The van der Waals surface area contributed by atoms with Crippen LogP contribution in [0.2, 0.25) is 0 Å². The summed E-state index contributed by atoms with van der Waals surface area (Å²) in [4.78, 5) is 0.501. The maximum atomic E-state index is 12.5. The molecule has 1 saturated heterocycles. The third-order valence-corrected chi connectivity index (χ3v) is 5.95. The number of hydrogen-bond donors (Lipinski definition) is 0. The molecule has 2 rings (SSSR count). The molecule has 0 bridgehead atoms. The smallest absolute Gasteiger partial charge is 0.207 e. The second-order valence-corrected chi connectivity index (χ2v) is 7.26. The number of rotatable bonds is 3. The third-order valence-electron chi connectivity index (χ3n) is 4.03. The third kappa shape index (κ3) is 2.69. The van der Waals surface area contributed by atoms with Gasteiger partial charge in [0.15, 0.2) is 0 Å². The van der Waals surface area contributed by atoms with E-state index in [1.165, 1.54) is 0 Å². The van der Waals surface area contributed by atoms with Crippen LogP contribution in [0.5, 0.6) is 0 Å². The summed E-state index contributed by atoms with van der Waals surface area (Å²) in [5.74, 6) is 0.792. The molecule has 0 spiro atoms. The van der Waals surface area contributed by atoms with Gasteiger partial charge >= 0.3 is 0 Å². The van der Waals surface area contributed by atoms with Crippen molar-refractivity contribution in [2.45, 2.75) is 39.5 Å². The summed E-state index contributed by atoms with van der Waals surface area (Å²) >= 11 is 0. The van der Waals surface area contributed by atoms with Gasteiger partial charge in [-0.15, -0.1) is 0 Å². The largest absolute Gasteiger partial charge is 0.242 e. The zero-order chi connectivity index (χ0) is 13.2. The van der Waals surface area contributed by atoms with Gasteiger partial charge < -0.3 is 0 Å². The molecule has 2 aliphatic rings. The first-order valence-electron chi connectivity index (χ1n) is 6.96. The number of piperidine rings is 1. The first-order chi connectivity index (χ1) is 8.55. The van der Waals surface area contributed by atoms with Gasteiger partial charge in [-0.2, -0.15) is 4.31 Å². The van der Waals surface area contributed by atoms with Crippen LogP contribution in [-0.4, -0.2) is 25.8 Å². The summed E-state index contributed by atoms with van der Waals surface area (Å²) in [5.41, 5.74) is 0. The van der Waals surface area contributed by atoms with Gasteiger partial charge in [0.05, 0.1) is 4.91 Å². The Bertz CT molecular complexity index is 444. The lowest BCUT2D eigenvalue weighted by molar-refractivity contribution is 0.349. The Kier molecular flexibility index (Phi) is 4.28. The van der Waals surface area contributed by atoms with Crippen LogP contribution < -0.4 is 0 Å². The molecule has 1 heterocycles. The highest BCUT2D eigenvalue weighted by atomic mass is 32.2. The second-order valence-electron chi connectivity index (χ2n) is 5.32. The quantitative estimate of drug-likeness (QED) is 0.790. The maximum absolute atomic E-state index is 12.5. The fraction of sp³-hybridized carbons (Fsp3) is 0.714. The number of allylic oxidation sites excluding steroid dienone is 3. The predicted molar refractivity (Wildman–Crippen MR) is 74.5 cm³/mol. The van der Waals surface area contributed by atoms with Gasteiger partial charge in [-0.1, -0.05) is 32.4 Å². The van der Waals surface area contributed by atoms with Crippen molar-refractivity contribution in [2.24, 2.45) is 11.8 Å². The summed E-state index contributed by atoms with van der Waals surface area (Å²) in [6, 6.07) is 0. The van der Waals surface area contributed by atoms with E-state index in [4.69, 9.17) is 0 Å². The van der Waals surface area contributed by atoms with Gasteiger partial charge in [0.1, 0.15) is 0 Å². The summed E-state index contributed by atoms with van der Waals surface area (Å²) in [5, 5.41) is 0. The highest BCUT2D eigenvalue weighted by Gasteiger charge is 2.29. The molecule has 0 aromatic carbocycles. The Hall–Kier alpha value is -0.610. The Morgan fingerprint density at radius 3 is 2.50 bits per heavy atom. The van der Waals surface area contributed by atoms with Crippen LogP contribution in [0.1, 0.15) is 39.5 Å². The lowest BCUT2D eigenvalue weighted by Gasteiger charge is -2.28. The SMILES string of the molecule is CCC1C=CC(S(=O)(=O)N2CCCCC2)=CC1C. The van der Waals surface area contributed by atoms with Gasteiger partial charge in [0.25, 0.3) is 0 Å². The number of sulfonamides is 1. The van der Waals surface area contributed by atoms with Gasteiger partial charge in [-0.25, -0.2) is 8.42 Å². The van der Waals surface area contributed by atoms with Gasteiger partial charge in [0.2, 0.25) is 10.0 Å². The van der Waals surface area contributed by atoms with Crippen molar-refractivity contribution in [1.82, 2.24) is 4.31 Å². The van der Waals surface area contributed by atoms with Crippen molar-refractivity contribution >= 4 is 10.0 Å². The van der Waals surface area contributed by atoms with Crippen molar-refractivity contribution in [1.29, 1.82) is 0 Å². The fourth-order valence-corrected chi connectivity index (χ4v) is 4.44. The van der Waals surface area contributed by atoms with Crippen molar-refractivity contribution in [3.05, 3.63) is 23.1 Å². The van der Waals surface area contributed by atoms with Crippen LogP contribution in [-0.2, 0) is 10.0 Å². The molecule has 0 radical (unpaired) electrons. The summed E-state index contributed by atoms with van der Waals surface area (Å²) in [6.07, 6.45) is 9.98.